The van der Waals surface area contributed by atoms with E-state index in [2.05, 4.69) is 29.1 Å². The van der Waals surface area contributed by atoms with Crippen molar-refractivity contribution in [1.29, 1.82) is 0 Å². The van der Waals surface area contributed by atoms with Crippen LogP contribution in [0, 0.1) is 22.0 Å². The average Bonchev–Trinajstić information content (AvgIpc) is 2.63. The van der Waals surface area contributed by atoms with Crippen LogP contribution in [0.4, 0.5) is 5.69 Å². The number of guanidine groups is 1. The number of piperidine rings is 1. The molecule has 0 spiro atoms. The summed E-state index contributed by atoms with van der Waals surface area (Å²) in [4.78, 5) is 17.0. The summed E-state index contributed by atoms with van der Waals surface area (Å²) in [5.41, 5.74) is 0.00719. The summed E-state index contributed by atoms with van der Waals surface area (Å²) in [5.74, 6) is 2.54. The van der Waals surface area contributed by atoms with Gasteiger partial charge in [-0.2, -0.15) is 0 Å². The van der Waals surface area contributed by atoms with Gasteiger partial charge < -0.3 is 20.1 Å². The molecule has 1 aliphatic heterocycles. The Kier molecular flexibility index (Phi) is 10.5. The van der Waals surface area contributed by atoms with Gasteiger partial charge >= 0.3 is 0 Å². The lowest BCUT2D eigenvalue weighted by Crippen LogP contribution is -2.48. The van der Waals surface area contributed by atoms with Crippen LogP contribution in [0.3, 0.4) is 0 Å². The lowest BCUT2D eigenvalue weighted by atomic mass is 9.92. The maximum Gasteiger partial charge on any atom is 0.269 e. The van der Waals surface area contributed by atoms with Gasteiger partial charge in [0.2, 0.25) is 0 Å². The van der Waals surface area contributed by atoms with Gasteiger partial charge in [-0.1, -0.05) is 13.8 Å². The quantitative estimate of drug-likeness (QED) is 0.194. The maximum atomic E-state index is 10.7. The number of likely N-dealkylation sites (tertiary alicyclic amines) is 1. The van der Waals surface area contributed by atoms with Crippen molar-refractivity contribution in [3.63, 3.8) is 0 Å². The SMILES string of the molecule is CCNC(=NCC(O)COc1ccc([N+](=O)[O-])cc1)N1CC(C)CC(C)C1.I. The minimum Gasteiger partial charge on any atom is -0.491 e. The van der Waals surface area contributed by atoms with Crippen LogP contribution in [0.5, 0.6) is 5.75 Å². The van der Waals surface area contributed by atoms with Crippen molar-refractivity contribution in [2.45, 2.75) is 33.3 Å². The largest absolute Gasteiger partial charge is 0.491 e. The standard InChI is InChI=1S/C19H30N4O4.HI/c1-4-20-19(22-11-14(2)9-15(3)12-22)21-10-17(24)13-27-18-7-5-16(6-8-18)23(25)26;/h5-8,14-15,17,24H,4,9-13H2,1-3H3,(H,20,21);1H. The van der Waals surface area contributed by atoms with Crippen molar-refractivity contribution in [2.75, 3.05) is 32.8 Å². The van der Waals surface area contributed by atoms with Crippen LogP contribution in [-0.4, -0.2) is 59.8 Å². The second-order valence-corrected chi connectivity index (χ2v) is 7.26. The van der Waals surface area contributed by atoms with E-state index >= 15 is 0 Å². The van der Waals surface area contributed by atoms with Crippen molar-refractivity contribution in [2.24, 2.45) is 16.8 Å². The first-order valence-electron chi connectivity index (χ1n) is 9.47. The maximum absolute atomic E-state index is 10.7. The Morgan fingerprint density at radius 2 is 1.96 bits per heavy atom. The van der Waals surface area contributed by atoms with E-state index in [0.29, 0.717) is 17.6 Å². The van der Waals surface area contributed by atoms with E-state index in [1.807, 2.05) is 6.92 Å². The zero-order chi connectivity index (χ0) is 19.8. The van der Waals surface area contributed by atoms with Crippen molar-refractivity contribution < 1.29 is 14.8 Å². The van der Waals surface area contributed by atoms with Crippen LogP contribution >= 0.6 is 24.0 Å². The van der Waals surface area contributed by atoms with Gasteiger partial charge in [0, 0.05) is 31.8 Å². The number of aliphatic hydroxyl groups is 1. The Labute approximate surface area is 183 Å². The van der Waals surface area contributed by atoms with Crippen LogP contribution in [0.1, 0.15) is 27.2 Å². The molecule has 3 atom stereocenters. The molecule has 1 aliphatic rings. The Bertz CT molecular complexity index is 631. The van der Waals surface area contributed by atoms with Gasteiger partial charge in [-0.15, -0.1) is 24.0 Å². The monoisotopic (exact) mass is 506 g/mol. The fourth-order valence-corrected chi connectivity index (χ4v) is 3.36. The van der Waals surface area contributed by atoms with Crippen LogP contribution < -0.4 is 10.1 Å². The third kappa shape index (κ3) is 7.78. The van der Waals surface area contributed by atoms with E-state index in [4.69, 9.17) is 4.74 Å². The molecule has 0 bridgehead atoms. The van der Waals surface area contributed by atoms with Gasteiger partial charge in [0.15, 0.2) is 5.96 Å². The van der Waals surface area contributed by atoms with Gasteiger partial charge in [0.25, 0.3) is 5.69 Å². The van der Waals surface area contributed by atoms with E-state index in [-0.39, 0.29) is 42.8 Å². The van der Waals surface area contributed by atoms with E-state index in [0.717, 1.165) is 25.6 Å². The summed E-state index contributed by atoms with van der Waals surface area (Å²) in [6.07, 6.45) is 0.468. The topological polar surface area (TPSA) is 100 Å². The zero-order valence-electron chi connectivity index (χ0n) is 16.7. The fourth-order valence-electron chi connectivity index (χ4n) is 3.36. The molecule has 0 aromatic heterocycles. The molecule has 28 heavy (non-hydrogen) atoms. The molecular formula is C19H31IN4O4. The predicted octanol–water partition coefficient (Wildman–Crippen LogP) is 2.90. The summed E-state index contributed by atoms with van der Waals surface area (Å²) >= 11 is 0. The molecule has 2 N–H and O–H groups in total. The van der Waals surface area contributed by atoms with Crippen molar-refractivity contribution >= 4 is 35.6 Å². The third-order valence-electron chi connectivity index (χ3n) is 4.45. The van der Waals surface area contributed by atoms with Crippen molar-refractivity contribution in [3.8, 4) is 5.75 Å². The Morgan fingerprint density at radius 3 is 2.50 bits per heavy atom. The Hall–Kier alpha value is -1.62. The Morgan fingerprint density at radius 1 is 1.36 bits per heavy atom. The average molecular weight is 506 g/mol. The second kappa shape index (κ2) is 12.1. The number of nitro benzene ring substituents is 1. The highest BCUT2D eigenvalue weighted by Gasteiger charge is 2.24. The lowest BCUT2D eigenvalue weighted by Gasteiger charge is -2.37. The van der Waals surface area contributed by atoms with E-state index in [9.17, 15) is 15.2 Å². The first-order valence-corrected chi connectivity index (χ1v) is 9.47. The molecule has 0 saturated carbocycles. The zero-order valence-corrected chi connectivity index (χ0v) is 19.0. The normalized spacial score (nSPS) is 20.9. The highest BCUT2D eigenvalue weighted by Crippen LogP contribution is 2.21. The highest BCUT2D eigenvalue weighted by molar-refractivity contribution is 14.0. The minimum absolute atomic E-state index is 0. The van der Waals surface area contributed by atoms with Crippen LogP contribution in [0.25, 0.3) is 0 Å². The van der Waals surface area contributed by atoms with Crippen molar-refractivity contribution in [3.05, 3.63) is 34.4 Å². The summed E-state index contributed by atoms with van der Waals surface area (Å²) < 4.78 is 5.50. The second-order valence-electron chi connectivity index (χ2n) is 7.26. The number of rotatable bonds is 7. The van der Waals surface area contributed by atoms with Gasteiger partial charge in [-0.3, -0.25) is 15.1 Å². The fraction of sp³-hybridized carbons (Fsp3) is 0.632. The number of aliphatic hydroxyl groups excluding tert-OH is 1. The number of nitrogens with zero attached hydrogens (tertiary/aromatic N) is 3. The minimum atomic E-state index is -0.756. The Balaban J connectivity index is 0.00000392. The molecule has 0 aliphatic carbocycles. The number of nitrogens with one attached hydrogen (secondary N) is 1. The van der Waals surface area contributed by atoms with Crippen molar-refractivity contribution in [1.82, 2.24) is 10.2 Å². The molecule has 1 fully saturated rings. The molecule has 1 heterocycles. The van der Waals surface area contributed by atoms with Crippen LogP contribution in [-0.2, 0) is 0 Å². The number of hydrogen-bond acceptors (Lipinski definition) is 5. The molecule has 0 amide bonds. The smallest absolute Gasteiger partial charge is 0.269 e. The summed E-state index contributed by atoms with van der Waals surface area (Å²) in [5, 5.41) is 24.1. The number of ether oxygens (including phenoxy) is 1. The van der Waals surface area contributed by atoms with E-state index in [1.54, 1.807) is 0 Å². The molecule has 1 saturated heterocycles. The van der Waals surface area contributed by atoms with Crippen LogP contribution in [0.15, 0.2) is 29.3 Å². The lowest BCUT2D eigenvalue weighted by molar-refractivity contribution is -0.384. The molecular weight excluding hydrogens is 475 g/mol. The van der Waals surface area contributed by atoms with Crippen LogP contribution in [0.2, 0.25) is 0 Å². The van der Waals surface area contributed by atoms with Gasteiger partial charge in [0.1, 0.15) is 18.5 Å². The molecule has 1 aromatic carbocycles. The number of halogens is 1. The first-order chi connectivity index (χ1) is 12.9. The molecule has 0 radical (unpaired) electrons. The highest BCUT2D eigenvalue weighted by atomic mass is 127. The molecule has 2 rings (SSSR count). The predicted molar refractivity (Wildman–Crippen MR) is 121 cm³/mol. The molecule has 8 nitrogen and oxygen atoms in total. The molecule has 158 valence electrons. The van der Waals surface area contributed by atoms with E-state index in [1.165, 1.54) is 30.7 Å². The molecule has 1 aromatic rings. The number of nitro groups is 1. The number of benzene rings is 1. The summed E-state index contributed by atoms with van der Waals surface area (Å²) in [7, 11) is 0. The third-order valence-corrected chi connectivity index (χ3v) is 4.45. The summed E-state index contributed by atoms with van der Waals surface area (Å²) in [6.45, 7) is 9.53. The molecule has 3 unspecified atom stereocenters. The first kappa shape index (κ1) is 24.4. The number of aliphatic imine (C=N–C) groups is 1. The van der Waals surface area contributed by atoms with Gasteiger partial charge in [0.05, 0.1) is 11.5 Å². The molecule has 9 heteroatoms. The number of hydrogen-bond donors (Lipinski definition) is 2. The van der Waals surface area contributed by atoms with Gasteiger partial charge in [-0.25, -0.2) is 0 Å². The summed E-state index contributed by atoms with van der Waals surface area (Å²) in [6, 6.07) is 5.80. The number of non-ortho nitro benzene ring substituents is 1. The van der Waals surface area contributed by atoms with Gasteiger partial charge in [-0.05, 0) is 37.3 Å². The van der Waals surface area contributed by atoms with E-state index < -0.39 is 11.0 Å².